The number of carbonyl (C=O) groups excluding carboxylic acids is 2. The smallest absolute Gasteiger partial charge is 0.411 e. The Morgan fingerprint density at radius 2 is 2.00 bits per heavy atom. The SMILES string of the molecule is CC(C)(C)OC(=O)N1[C@@H](C(=O)CCl)C[C@@H]2C[C@@H]21. The van der Waals surface area contributed by atoms with Gasteiger partial charge in [0.05, 0.1) is 11.9 Å². The molecule has 0 N–H and O–H groups in total. The van der Waals surface area contributed by atoms with Crippen LogP contribution in [0, 0.1) is 5.92 Å². The number of hydrogen-bond donors (Lipinski definition) is 0. The standard InChI is InChI=1S/C12H18ClNO3/c1-12(2,3)17-11(16)14-8-4-7(8)5-9(14)10(15)6-13/h7-9H,4-6H2,1-3H3/t7-,8-,9+/m0/s1. The minimum Gasteiger partial charge on any atom is -0.444 e. The lowest BCUT2D eigenvalue weighted by Crippen LogP contribution is -2.46. The van der Waals surface area contributed by atoms with Crippen LogP contribution in [0.25, 0.3) is 0 Å². The van der Waals surface area contributed by atoms with Gasteiger partial charge in [-0.05, 0) is 39.5 Å². The number of fused-ring (bicyclic) bond motifs is 1. The van der Waals surface area contributed by atoms with Gasteiger partial charge in [0.25, 0.3) is 0 Å². The summed E-state index contributed by atoms with van der Waals surface area (Å²) in [6, 6.07) is -0.173. The Hall–Kier alpha value is -0.770. The maximum Gasteiger partial charge on any atom is 0.411 e. The highest BCUT2D eigenvalue weighted by Gasteiger charge is 2.56. The van der Waals surface area contributed by atoms with Crippen molar-refractivity contribution in [3.05, 3.63) is 0 Å². The first kappa shape index (κ1) is 12.7. The van der Waals surface area contributed by atoms with Crippen LogP contribution >= 0.6 is 11.6 Å². The molecule has 96 valence electrons. The number of halogens is 1. The molecule has 4 nitrogen and oxygen atoms in total. The molecule has 0 unspecified atom stereocenters. The number of nitrogens with zero attached hydrogens (tertiary/aromatic N) is 1. The van der Waals surface area contributed by atoms with Crippen LogP contribution in [0.1, 0.15) is 33.6 Å². The summed E-state index contributed by atoms with van der Waals surface area (Å²) in [6.45, 7) is 5.47. The predicted octanol–water partition coefficient (Wildman–Crippen LogP) is 2.19. The molecule has 3 atom stereocenters. The van der Waals surface area contributed by atoms with Crippen molar-refractivity contribution in [3.8, 4) is 0 Å². The molecule has 2 rings (SSSR count). The number of carbonyl (C=O) groups is 2. The molecule has 0 aromatic rings. The zero-order valence-electron chi connectivity index (χ0n) is 10.4. The average Bonchev–Trinajstić information content (AvgIpc) is 2.85. The van der Waals surface area contributed by atoms with Crippen LogP contribution in [-0.2, 0) is 9.53 Å². The first-order valence-electron chi connectivity index (χ1n) is 5.93. The maximum absolute atomic E-state index is 12.0. The third kappa shape index (κ3) is 2.57. The molecule has 1 aliphatic carbocycles. The monoisotopic (exact) mass is 259 g/mol. The lowest BCUT2D eigenvalue weighted by Gasteiger charge is -2.29. The third-order valence-corrected chi connectivity index (χ3v) is 3.48. The molecule has 1 saturated heterocycles. The molecule has 0 aromatic heterocycles. The van der Waals surface area contributed by atoms with Crippen molar-refractivity contribution >= 4 is 23.5 Å². The largest absolute Gasteiger partial charge is 0.444 e. The first-order valence-corrected chi connectivity index (χ1v) is 6.47. The minimum absolute atomic E-state index is 0.0383. The Kier molecular flexibility index (Phi) is 3.10. The summed E-state index contributed by atoms with van der Waals surface area (Å²) in [5.41, 5.74) is -0.529. The van der Waals surface area contributed by atoms with E-state index in [9.17, 15) is 9.59 Å². The van der Waals surface area contributed by atoms with Gasteiger partial charge in [0.15, 0.2) is 5.78 Å². The van der Waals surface area contributed by atoms with Crippen molar-refractivity contribution in [1.82, 2.24) is 4.90 Å². The molecular formula is C12H18ClNO3. The van der Waals surface area contributed by atoms with Crippen LogP contribution in [0.15, 0.2) is 0 Å². The van der Waals surface area contributed by atoms with Crippen molar-refractivity contribution in [2.45, 2.75) is 51.3 Å². The van der Waals surface area contributed by atoms with Gasteiger partial charge >= 0.3 is 6.09 Å². The Morgan fingerprint density at radius 3 is 2.53 bits per heavy atom. The fourth-order valence-corrected chi connectivity index (χ4v) is 2.59. The van der Waals surface area contributed by atoms with Crippen LogP contribution in [0.5, 0.6) is 0 Å². The third-order valence-electron chi connectivity index (χ3n) is 3.21. The Labute approximate surface area is 106 Å². The molecule has 0 bridgehead atoms. The molecule has 5 heteroatoms. The van der Waals surface area contributed by atoms with Crippen molar-refractivity contribution in [2.24, 2.45) is 5.92 Å². The fourth-order valence-electron chi connectivity index (χ4n) is 2.41. The Morgan fingerprint density at radius 1 is 1.35 bits per heavy atom. The van der Waals surface area contributed by atoms with Crippen molar-refractivity contribution in [3.63, 3.8) is 0 Å². The van der Waals surface area contributed by atoms with Gasteiger partial charge in [0, 0.05) is 6.04 Å². The highest BCUT2D eigenvalue weighted by Crippen LogP contribution is 2.48. The Bertz CT molecular complexity index is 350. The summed E-state index contributed by atoms with van der Waals surface area (Å²) >= 11 is 5.57. The van der Waals surface area contributed by atoms with Gasteiger partial charge in [-0.25, -0.2) is 4.79 Å². The van der Waals surface area contributed by atoms with Gasteiger partial charge in [0.1, 0.15) is 5.60 Å². The van der Waals surface area contributed by atoms with E-state index in [2.05, 4.69) is 0 Å². The van der Waals surface area contributed by atoms with Gasteiger partial charge in [0.2, 0.25) is 0 Å². The summed E-state index contributed by atoms with van der Waals surface area (Å²) in [5.74, 6) is 0.355. The number of ether oxygens (including phenoxy) is 1. The minimum atomic E-state index is -0.529. The van der Waals surface area contributed by atoms with Crippen LogP contribution in [-0.4, -0.2) is 40.3 Å². The van der Waals surface area contributed by atoms with E-state index in [-0.39, 0.29) is 29.8 Å². The molecule has 0 aromatic carbocycles. The van der Waals surface area contributed by atoms with Gasteiger partial charge < -0.3 is 4.74 Å². The molecule has 17 heavy (non-hydrogen) atoms. The van der Waals surface area contributed by atoms with Gasteiger partial charge in [-0.2, -0.15) is 0 Å². The van der Waals surface area contributed by atoms with Crippen LogP contribution in [0.3, 0.4) is 0 Å². The van der Waals surface area contributed by atoms with Crippen molar-refractivity contribution in [1.29, 1.82) is 0 Å². The second kappa shape index (κ2) is 4.16. The number of alkyl halides is 1. The molecule has 1 amide bonds. The van der Waals surface area contributed by atoms with E-state index in [1.165, 1.54) is 0 Å². The first-order chi connectivity index (χ1) is 7.83. The second-order valence-electron chi connectivity index (χ2n) is 5.80. The van der Waals surface area contributed by atoms with E-state index in [4.69, 9.17) is 16.3 Å². The summed E-state index contributed by atoms with van der Waals surface area (Å²) in [4.78, 5) is 25.3. The van der Waals surface area contributed by atoms with E-state index < -0.39 is 5.60 Å². The summed E-state index contributed by atoms with van der Waals surface area (Å²) < 4.78 is 5.34. The number of hydrogen-bond acceptors (Lipinski definition) is 3. The summed E-state index contributed by atoms with van der Waals surface area (Å²) in [7, 11) is 0. The molecule has 0 radical (unpaired) electrons. The number of piperidine rings is 1. The predicted molar refractivity (Wildman–Crippen MR) is 64.1 cm³/mol. The zero-order chi connectivity index (χ0) is 12.8. The molecule has 1 saturated carbocycles. The summed E-state index contributed by atoms with van der Waals surface area (Å²) in [6.07, 6.45) is 1.35. The van der Waals surface area contributed by atoms with Gasteiger partial charge in [-0.15, -0.1) is 11.6 Å². The van der Waals surface area contributed by atoms with E-state index in [1.807, 2.05) is 20.8 Å². The zero-order valence-corrected chi connectivity index (χ0v) is 11.2. The molecule has 1 heterocycles. The van der Waals surface area contributed by atoms with Gasteiger partial charge in [-0.3, -0.25) is 9.69 Å². The van der Waals surface area contributed by atoms with Crippen LogP contribution in [0.4, 0.5) is 4.79 Å². The highest BCUT2D eigenvalue weighted by molar-refractivity contribution is 6.28. The fraction of sp³-hybridized carbons (Fsp3) is 0.833. The van der Waals surface area contributed by atoms with E-state index in [1.54, 1.807) is 4.90 Å². The lowest BCUT2D eigenvalue weighted by atomic mass is 10.1. The van der Waals surface area contributed by atoms with Crippen molar-refractivity contribution < 1.29 is 14.3 Å². The number of ketones is 1. The normalized spacial score (nSPS) is 31.1. The van der Waals surface area contributed by atoms with Gasteiger partial charge in [-0.1, -0.05) is 0 Å². The quantitative estimate of drug-likeness (QED) is 0.714. The molecule has 1 aliphatic heterocycles. The number of Topliss-reactive ketones (excluding diaryl/α,β-unsaturated/α-hetero) is 1. The van der Waals surface area contributed by atoms with E-state index in [0.29, 0.717) is 5.92 Å². The van der Waals surface area contributed by atoms with Crippen LogP contribution < -0.4 is 0 Å². The number of likely N-dealkylation sites (tertiary alicyclic amines) is 1. The molecule has 2 fully saturated rings. The number of rotatable bonds is 2. The second-order valence-corrected chi connectivity index (χ2v) is 6.07. The lowest BCUT2D eigenvalue weighted by molar-refractivity contribution is -0.121. The summed E-state index contributed by atoms with van der Waals surface area (Å²) in [5, 5.41) is 0. The molecule has 0 spiro atoms. The topological polar surface area (TPSA) is 46.6 Å². The average molecular weight is 260 g/mol. The molecular weight excluding hydrogens is 242 g/mol. The van der Waals surface area contributed by atoms with E-state index >= 15 is 0 Å². The van der Waals surface area contributed by atoms with Crippen LogP contribution in [0.2, 0.25) is 0 Å². The Balaban J connectivity index is 2.07. The maximum atomic E-state index is 12.0. The molecule has 2 aliphatic rings. The van der Waals surface area contributed by atoms with E-state index in [0.717, 1.165) is 12.8 Å². The van der Waals surface area contributed by atoms with Crippen molar-refractivity contribution in [2.75, 3.05) is 5.88 Å². The highest BCUT2D eigenvalue weighted by atomic mass is 35.5. The number of amides is 1.